The summed E-state index contributed by atoms with van der Waals surface area (Å²) in [5, 5.41) is 7.61. The van der Waals surface area contributed by atoms with Crippen molar-refractivity contribution in [2.45, 2.75) is 50.5 Å². The molecule has 1 saturated heterocycles. The largest absolute Gasteiger partial charge is 0.342 e. The molecule has 1 aliphatic heterocycles. The number of nitrogens with zero attached hydrogens (tertiary/aromatic N) is 5. The molecule has 7 heteroatoms. The summed E-state index contributed by atoms with van der Waals surface area (Å²) in [6.07, 6.45) is 11.0. The van der Waals surface area contributed by atoms with Crippen LogP contribution in [0.25, 0.3) is 0 Å². The summed E-state index contributed by atoms with van der Waals surface area (Å²) in [5.74, 6) is 4.41. The molecule has 3 fully saturated rings. The van der Waals surface area contributed by atoms with Crippen molar-refractivity contribution in [3.63, 3.8) is 0 Å². The Bertz CT molecular complexity index is 745. The third kappa shape index (κ3) is 3.07. The molecule has 0 spiro atoms. The molecule has 3 aliphatic rings. The average Bonchev–Trinajstić information content (AvgIpc) is 3.49. The van der Waals surface area contributed by atoms with Crippen molar-refractivity contribution in [3.8, 4) is 0 Å². The number of aryl methyl sites for hydroxylation is 1. The van der Waals surface area contributed by atoms with Gasteiger partial charge in [0.1, 0.15) is 5.82 Å². The van der Waals surface area contributed by atoms with E-state index in [4.69, 9.17) is 4.98 Å². The van der Waals surface area contributed by atoms with Gasteiger partial charge in [-0.05, 0) is 37.5 Å². The molecule has 0 unspecified atom stereocenters. The molecule has 1 N–H and O–H groups in total. The van der Waals surface area contributed by atoms with Gasteiger partial charge in [0, 0.05) is 50.3 Å². The van der Waals surface area contributed by atoms with Crippen molar-refractivity contribution >= 4 is 5.91 Å². The highest BCUT2D eigenvalue weighted by Crippen LogP contribution is 2.47. The number of likely N-dealkylation sites (tertiary alicyclic amines) is 1. The topological polar surface area (TPSA) is 79.7 Å². The zero-order chi connectivity index (χ0) is 16.8. The van der Waals surface area contributed by atoms with Crippen LogP contribution in [-0.2, 0) is 11.3 Å². The molecule has 132 valence electrons. The van der Waals surface area contributed by atoms with Crippen molar-refractivity contribution in [2.75, 3.05) is 13.1 Å². The second kappa shape index (κ2) is 5.97. The Labute approximate surface area is 146 Å². The molecule has 2 saturated carbocycles. The number of hydrogen-bond acceptors (Lipinski definition) is 4. The fraction of sp³-hybridized carbons (Fsp3) is 0.667. The van der Waals surface area contributed by atoms with Gasteiger partial charge in [0.05, 0.1) is 6.33 Å². The van der Waals surface area contributed by atoms with E-state index in [1.165, 1.54) is 25.7 Å². The van der Waals surface area contributed by atoms with Gasteiger partial charge in [-0.1, -0.05) is 0 Å². The van der Waals surface area contributed by atoms with E-state index in [1.807, 2.05) is 15.7 Å². The van der Waals surface area contributed by atoms with Gasteiger partial charge >= 0.3 is 0 Å². The van der Waals surface area contributed by atoms with E-state index in [0.717, 1.165) is 30.7 Å². The number of nitrogens with one attached hydrogen (secondary N) is 1. The second-order valence-corrected chi connectivity index (χ2v) is 7.81. The lowest BCUT2D eigenvalue weighted by atomic mass is 9.91. The minimum absolute atomic E-state index is 0.240. The maximum atomic E-state index is 12.7. The third-order valence-corrected chi connectivity index (χ3v) is 5.90. The minimum atomic E-state index is 0.240. The van der Waals surface area contributed by atoms with Crippen molar-refractivity contribution in [1.82, 2.24) is 29.6 Å². The van der Waals surface area contributed by atoms with Crippen LogP contribution in [0.2, 0.25) is 0 Å². The van der Waals surface area contributed by atoms with Gasteiger partial charge in [-0.25, -0.2) is 9.97 Å². The summed E-state index contributed by atoms with van der Waals surface area (Å²) < 4.78 is 1.96. The van der Waals surface area contributed by atoms with Crippen molar-refractivity contribution < 1.29 is 4.79 Å². The molecule has 2 aromatic heterocycles. The van der Waals surface area contributed by atoms with Gasteiger partial charge in [0.2, 0.25) is 5.91 Å². The Hall–Kier alpha value is -2.18. The number of imidazole rings is 1. The Balaban J connectivity index is 1.27. The van der Waals surface area contributed by atoms with Gasteiger partial charge in [0.15, 0.2) is 5.82 Å². The summed E-state index contributed by atoms with van der Waals surface area (Å²) in [6, 6.07) is 0. The van der Waals surface area contributed by atoms with Crippen molar-refractivity contribution in [3.05, 3.63) is 30.4 Å². The number of carbonyl (C=O) groups excluding carboxylic acids is 1. The van der Waals surface area contributed by atoms with Crippen LogP contribution in [0.5, 0.6) is 0 Å². The molecule has 0 radical (unpaired) electrons. The van der Waals surface area contributed by atoms with Crippen LogP contribution in [0.4, 0.5) is 0 Å². The number of aromatic nitrogens is 5. The molecule has 7 nitrogen and oxygen atoms in total. The highest BCUT2D eigenvalue weighted by atomic mass is 16.2. The van der Waals surface area contributed by atoms with E-state index in [9.17, 15) is 4.79 Å². The SMILES string of the molecule is O=C(CCn1ccnc1)N1C[C@H](c2nc(C3CC3)n[nH]2)[C@@H](C2CC2)C1. The lowest BCUT2D eigenvalue weighted by Gasteiger charge is -2.16. The summed E-state index contributed by atoms with van der Waals surface area (Å²) in [6.45, 7) is 2.35. The monoisotopic (exact) mass is 340 g/mol. The summed E-state index contributed by atoms with van der Waals surface area (Å²) in [5.41, 5.74) is 0. The van der Waals surface area contributed by atoms with Crippen LogP contribution in [0, 0.1) is 11.8 Å². The first-order valence-electron chi connectivity index (χ1n) is 9.43. The molecule has 1 amide bonds. The predicted octanol–water partition coefficient (Wildman–Crippen LogP) is 1.92. The van der Waals surface area contributed by atoms with Crippen LogP contribution in [0.3, 0.4) is 0 Å². The Morgan fingerprint density at radius 3 is 2.84 bits per heavy atom. The maximum Gasteiger partial charge on any atom is 0.224 e. The molecule has 3 heterocycles. The normalized spacial score (nSPS) is 26.3. The fourth-order valence-electron chi connectivity index (χ4n) is 4.10. The van der Waals surface area contributed by atoms with Gasteiger partial charge in [-0.2, -0.15) is 5.10 Å². The first-order valence-corrected chi connectivity index (χ1v) is 9.43. The maximum absolute atomic E-state index is 12.7. The molecule has 0 bridgehead atoms. The van der Waals surface area contributed by atoms with Gasteiger partial charge in [0.25, 0.3) is 0 Å². The third-order valence-electron chi connectivity index (χ3n) is 5.90. The molecule has 2 aliphatic carbocycles. The number of rotatable bonds is 6. The van der Waals surface area contributed by atoms with E-state index < -0.39 is 0 Å². The number of amides is 1. The Morgan fingerprint density at radius 2 is 2.12 bits per heavy atom. The average molecular weight is 340 g/mol. The van der Waals surface area contributed by atoms with Crippen molar-refractivity contribution in [1.29, 1.82) is 0 Å². The van der Waals surface area contributed by atoms with E-state index in [1.54, 1.807) is 12.5 Å². The van der Waals surface area contributed by atoms with Crippen LogP contribution in [0.15, 0.2) is 18.7 Å². The lowest BCUT2D eigenvalue weighted by Crippen LogP contribution is -2.29. The van der Waals surface area contributed by atoms with Crippen LogP contribution in [0.1, 0.15) is 55.6 Å². The highest BCUT2D eigenvalue weighted by molar-refractivity contribution is 5.76. The van der Waals surface area contributed by atoms with Crippen LogP contribution in [-0.4, -0.2) is 48.6 Å². The van der Waals surface area contributed by atoms with Gasteiger partial charge < -0.3 is 9.47 Å². The minimum Gasteiger partial charge on any atom is -0.342 e. The zero-order valence-electron chi connectivity index (χ0n) is 14.3. The Kier molecular flexibility index (Phi) is 3.60. The molecule has 0 aromatic carbocycles. The van der Waals surface area contributed by atoms with E-state index in [-0.39, 0.29) is 5.91 Å². The number of H-pyrrole nitrogens is 1. The Morgan fingerprint density at radius 1 is 1.24 bits per heavy atom. The standard InChI is InChI=1S/C18H24N6O/c25-16(5-7-23-8-6-19-11-23)24-9-14(12-1-2-12)15(10-24)18-20-17(21-22-18)13-3-4-13/h6,8,11-15H,1-5,7,9-10H2,(H,20,21,22)/t14-,15+/m1/s1. The predicted molar refractivity (Wildman–Crippen MR) is 90.7 cm³/mol. The number of aromatic amines is 1. The summed E-state index contributed by atoms with van der Waals surface area (Å²) in [7, 11) is 0. The fourth-order valence-corrected chi connectivity index (χ4v) is 4.10. The van der Waals surface area contributed by atoms with E-state index >= 15 is 0 Å². The molecule has 2 atom stereocenters. The molecule has 2 aromatic rings. The first kappa shape index (κ1) is 15.1. The number of hydrogen-bond donors (Lipinski definition) is 1. The van der Waals surface area contributed by atoms with Crippen molar-refractivity contribution in [2.24, 2.45) is 11.8 Å². The van der Waals surface area contributed by atoms with E-state index in [0.29, 0.717) is 30.7 Å². The molecular formula is C18H24N6O. The second-order valence-electron chi connectivity index (χ2n) is 7.81. The highest BCUT2D eigenvalue weighted by Gasteiger charge is 2.45. The van der Waals surface area contributed by atoms with E-state index in [2.05, 4.69) is 15.2 Å². The summed E-state index contributed by atoms with van der Waals surface area (Å²) >= 11 is 0. The van der Waals surface area contributed by atoms with Gasteiger partial charge in [-0.3, -0.25) is 9.89 Å². The quantitative estimate of drug-likeness (QED) is 0.871. The zero-order valence-corrected chi connectivity index (χ0v) is 14.3. The van der Waals surface area contributed by atoms with Gasteiger partial charge in [-0.15, -0.1) is 0 Å². The molecule has 5 rings (SSSR count). The lowest BCUT2D eigenvalue weighted by molar-refractivity contribution is -0.130. The molecular weight excluding hydrogens is 316 g/mol. The first-order chi connectivity index (χ1) is 12.3. The molecule has 25 heavy (non-hydrogen) atoms. The van der Waals surface area contributed by atoms with Crippen LogP contribution < -0.4 is 0 Å². The summed E-state index contributed by atoms with van der Waals surface area (Å²) in [4.78, 5) is 23.5. The number of carbonyl (C=O) groups is 1. The smallest absolute Gasteiger partial charge is 0.224 e. The van der Waals surface area contributed by atoms with Crippen LogP contribution >= 0.6 is 0 Å².